The SMILES string of the molecule is COc1csc2cc(I)cc(C)c12. The summed E-state index contributed by atoms with van der Waals surface area (Å²) in [4.78, 5) is 0. The molecule has 13 heavy (non-hydrogen) atoms. The molecule has 0 atom stereocenters. The number of ether oxygens (including phenoxy) is 1. The fraction of sp³-hybridized carbons (Fsp3) is 0.200. The second kappa shape index (κ2) is 3.46. The molecule has 0 N–H and O–H groups in total. The van der Waals surface area contributed by atoms with E-state index in [1.54, 1.807) is 18.4 Å². The first-order chi connectivity index (χ1) is 6.22. The van der Waals surface area contributed by atoms with Crippen LogP contribution in [-0.2, 0) is 0 Å². The summed E-state index contributed by atoms with van der Waals surface area (Å²) in [7, 11) is 1.72. The Bertz CT molecular complexity index is 447. The molecule has 0 amide bonds. The lowest BCUT2D eigenvalue weighted by Crippen LogP contribution is -1.82. The lowest BCUT2D eigenvalue weighted by atomic mass is 10.1. The third kappa shape index (κ3) is 1.55. The minimum Gasteiger partial charge on any atom is -0.495 e. The van der Waals surface area contributed by atoms with Gasteiger partial charge in [-0.2, -0.15) is 0 Å². The lowest BCUT2D eigenvalue weighted by molar-refractivity contribution is 0.421. The number of halogens is 1. The molecule has 0 spiro atoms. The monoisotopic (exact) mass is 304 g/mol. The van der Waals surface area contributed by atoms with E-state index in [2.05, 4.69) is 47.0 Å². The molecule has 1 nitrogen and oxygen atoms in total. The molecule has 0 saturated carbocycles. The summed E-state index contributed by atoms with van der Waals surface area (Å²) < 4.78 is 7.89. The molecule has 3 heteroatoms. The predicted octanol–water partition coefficient (Wildman–Crippen LogP) is 3.82. The lowest BCUT2D eigenvalue weighted by Gasteiger charge is -2.01. The number of fused-ring (bicyclic) bond motifs is 1. The first kappa shape index (κ1) is 9.27. The van der Waals surface area contributed by atoms with Crippen molar-refractivity contribution in [3.63, 3.8) is 0 Å². The Morgan fingerprint density at radius 3 is 2.85 bits per heavy atom. The predicted molar refractivity (Wildman–Crippen MR) is 65.8 cm³/mol. The van der Waals surface area contributed by atoms with Crippen LogP contribution in [-0.4, -0.2) is 7.11 Å². The number of hydrogen-bond donors (Lipinski definition) is 0. The minimum absolute atomic E-state index is 0.994. The van der Waals surface area contributed by atoms with Gasteiger partial charge >= 0.3 is 0 Å². The standard InChI is InChI=1S/C10H9IOS/c1-6-3-7(11)4-9-10(6)8(12-2)5-13-9/h3-5H,1-2H3. The molecule has 0 saturated heterocycles. The summed E-state index contributed by atoms with van der Waals surface area (Å²) in [6.45, 7) is 2.12. The van der Waals surface area contributed by atoms with Crippen LogP contribution in [0.15, 0.2) is 17.5 Å². The maximum absolute atomic E-state index is 5.30. The second-order valence-electron chi connectivity index (χ2n) is 2.90. The van der Waals surface area contributed by atoms with Gasteiger partial charge in [-0.25, -0.2) is 0 Å². The molecular formula is C10H9IOS. The first-order valence-corrected chi connectivity index (χ1v) is 5.89. The van der Waals surface area contributed by atoms with Gasteiger partial charge in [0.05, 0.1) is 7.11 Å². The van der Waals surface area contributed by atoms with E-state index in [0.717, 1.165) is 5.75 Å². The molecule has 1 aromatic heterocycles. The third-order valence-electron chi connectivity index (χ3n) is 2.02. The van der Waals surface area contributed by atoms with Crippen molar-refractivity contribution < 1.29 is 4.74 Å². The molecule has 0 aliphatic heterocycles. The molecule has 1 heterocycles. The van der Waals surface area contributed by atoms with Crippen LogP contribution in [0.5, 0.6) is 5.75 Å². The molecule has 0 fully saturated rings. The molecule has 1 aromatic carbocycles. The van der Waals surface area contributed by atoms with Crippen molar-refractivity contribution in [3.05, 3.63) is 26.6 Å². The molecule has 0 radical (unpaired) electrons. The fourth-order valence-corrected chi connectivity index (χ4v) is 3.46. The molecule has 0 unspecified atom stereocenters. The van der Waals surface area contributed by atoms with E-state index in [9.17, 15) is 0 Å². The average Bonchev–Trinajstić information content (AvgIpc) is 2.47. The molecule has 68 valence electrons. The topological polar surface area (TPSA) is 9.23 Å². The summed E-state index contributed by atoms with van der Waals surface area (Å²) in [5, 5.41) is 3.32. The Morgan fingerprint density at radius 2 is 2.15 bits per heavy atom. The zero-order valence-corrected chi connectivity index (χ0v) is 10.4. The summed E-state index contributed by atoms with van der Waals surface area (Å²) >= 11 is 4.08. The smallest absolute Gasteiger partial charge is 0.137 e. The van der Waals surface area contributed by atoms with Crippen LogP contribution in [0.4, 0.5) is 0 Å². The Kier molecular flexibility index (Phi) is 2.47. The molecule has 0 bridgehead atoms. The van der Waals surface area contributed by atoms with Crippen molar-refractivity contribution in [2.45, 2.75) is 6.92 Å². The van der Waals surface area contributed by atoms with Crippen molar-refractivity contribution in [1.82, 2.24) is 0 Å². The van der Waals surface area contributed by atoms with Gasteiger partial charge in [-0.1, -0.05) is 0 Å². The number of rotatable bonds is 1. The van der Waals surface area contributed by atoms with Gasteiger partial charge < -0.3 is 4.74 Å². The zero-order valence-electron chi connectivity index (χ0n) is 7.43. The van der Waals surface area contributed by atoms with Gasteiger partial charge in [-0.15, -0.1) is 11.3 Å². The molecule has 0 aliphatic carbocycles. The maximum Gasteiger partial charge on any atom is 0.137 e. The van der Waals surface area contributed by atoms with Gasteiger partial charge in [0.1, 0.15) is 5.75 Å². The Labute approximate surface area is 94.9 Å². The van der Waals surface area contributed by atoms with Gasteiger partial charge in [0, 0.05) is 19.0 Å². The number of aryl methyl sites for hydroxylation is 1. The van der Waals surface area contributed by atoms with E-state index in [1.165, 1.54) is 19.2 Å². The summed E-state index contributed by atoms with van der Waals surface area (Å²) in [5.74, 6) is 0.994. The van der Waals surface area contributed by atoms with Crippen molar-refractivity contribution in [2.24, 2.45) is 0 Å². The van der Waals surface area contributed by atoms with Crippen molar-refractivity contribution in [3.8, 4) is 5.75 Å². The first-order valence-electron chi connectivity index (χ1n) is 3.93. The number of methoxy groups -OCH3 is 1. The summed E-state index contributed by atoms with van der Waals surface area (Å²) in [5.41, 5.74) is 1.29. The third-order valence-corrected chi connectivity index (χ3v) is 3.55. The highest BCUT2D eigenvalue weighted by Gasteiger charge is 2.07. The second-order valence-corrected chi connectivity index (χ2v) is 5.06. The van der Waals surface area contributed by atoms with Gasteiger partial charge in [-0.05, 0) is 47.2 Å². The normalized spacial score (nSPS) is 10.7. The van der Waals surface area contributed by atoms with Gasteiger partial charge in [0.25, 0.3) is 0 Å². The average molecular weight is 304 g/mol. The Morgan fingerprint density at radius 1 is 1.38 bits per heavy atom. The number of benzene rings is 1. The number of hydrogen-bond acceptors (Lipinski definition) is 2. The van der Waals surface area contributed by atoms with E-state index >= 15 is 0 Å². The van der Waals surface area contributed by atoms with Crippen LogP contribution in [0.2, 0.25) is 0 Å². The highest BCUT2D eigenvalue weighted by molar-refractivity contribution is 14.1. The zero-order chi connectivity index (χ0) is 9.42. The van der Waals surface area contributed by atoms with Crippen LogP contribution in [0, 0.1) is 10.5 Å². The molecule has 0 aliphatic rings. The fourth-order valence-electron chi connectivity index (χ4n) is 1.45. The largest absolute Gasteiger partial charge is 0.495 e. The van der Waals surface area contributed by atoms with E-state index in [-0.39, 0.29) is 0 Å². The quantitative estimate of drug-likeness (QED) is 0.728. The van der Waals surface area contributed by atoms with E-state index in [0.29, 0.717) is 0 Å². The van der Waals surface area contributed by atoms with Crippen LogP contribution in [0.25, 0.3) is 10.1 Å². The van der Waals surface area contributed by atoms with Gasteiger partial charge in [0.15, 0.2) is 0 Å². The van der Waals surface area contributed by atoms with Crippen molar-refractivity contribution in [2.75, 3.05) is 7.11 Å². The Hall–Kier alpha value is -0.290. The minimum atomic E-state index is 0.994. The van der Waals surface area contributed by atoms with Crippen molar-refractivity contribution >= 4 is 44.0 Å². The highest BCUT2D eigenvalue weighted by Crippen LogP contribution is 2.35. The van der Waals surface area contributed by atoms with Crippen LogP contribution >= 0.6 is 33.9 Å². The molecular weight excluding hydrogens is 295 g/mol. The van der Waals surface area contributed by atoms with E-state index in [4.69, 9.17) is 4.74 Å². The van der Waals surface area contributed by atoms with Crippen LogP contribution < -0.4 is 4.74 Å². The van der Waals surface area contributed by atoms with Crippen LogP contribution in [0.3, 0.4) is 0 Å². The van der Waals surface area contributed by atoms with E-state index < -0.39 is 0 Å². The van der Waals surface area contributed by atoms with E-state index in [1.807, 2.05) is 0 Å². The van der Waals surface area contributed by atoms with Crippen molar-refractivity contribution in [1.29, 1.82) is 0 Å². The Balaban J connectivity index is 2.82. The highest BCUT2D eigenvalue weighted by atomic mass is 127. The van der Waals surface area contributed by atoms with Gasteiger partial charge in [0.2, 0.25) is 0 Å². The molecule has 2 rings (SSSR count). The number of thiophene rings is 1. The van der Waals surface area contributed by atoms with Gasteiger partial charge in [-0.3, -0.25) is 0 Å². The summed E-state index contributed by atoms with van der Waals surface area (Å²) in [6.07, 6.45) is 0. The molecule has 2 aromatic rings. The maximum atomic E-state index is 5.30. The van der Waals surface area contributed by atoms with Crippen LogP contribution in [0.1, 0.15) is 5.56 Å². The summed E-state index contributed by atoms with van der Waals surface area (Å²) in [6, 6.07) is 4.37.